The van der Waals surface area contributed by atoms with Crippen molar-refractivity contribution < 1.29 is 4.74 Å². The fourth-order valence-electron chi connectivity index (χ4n) is 4.32. The molecule has 1 aromatic rings. The van der Waals surface area contributed by atoms with Crippen molar-refractivity contribution in [3.63, 3.8) is 0 Å². The highest BCUT2D eigenvalue weighted by atomic mass is 16.5. The first kappa shape index (κ1) is 18.5. The van der Waals surface area contributed by atoms with E-state index in [1.165, 1.54) is 11.1 Å². The predicted octanol–water partition coefficient (Wildman–Crippen LogP) is 6.47. The quantitative estimate of drug-likeness (QED) is 0.607. The second kappa shape index (κ2) is 6.97. The van der Waals surface area contributed by atoms with Crippen LogP contribution in [0.25, 0.3) is 0 Å². The van der Waals surface area contributed by atoms with E-state index in [1.54, 1.807) is 16.7 Å². The molecule has 1 aromatic carbocycles. The summed E-state index contributed by atoms with van der Waals surface area (Å²) in [5.74, 6) is 2.25. The summed E-state index contributed by atoms with van der Waals surface area (Å²) in [5.41, 5.74) is 7.70. The molecule has 0 aliphatic carbocycles. The summed E-state index contributed by atoms with van der Waals surface area (Å²) in [4.78, 5) is 0. The Hall–Kier alpha value is -0.820. The van der Waals surface area contributed by atoms with E-state index in [-0.39, 0.29) is 6.10 Å². The maximum absolute atomic E-state index is 6.34. The van der Waals surface area contributed by atoms with E-state index >= 15 is 0 Å². The van der Waals surface area contributed by atoms with Crippen LogP contribution in [0.1, 0.15) is 100 Å². The van der Waals surface area contributed by atoms with Crippen molar-refractivity contribution in [1.82, 2.24) is 0 Å². The molecular formula is C22H36O. The summed E-state index contributed by atoms with van der Waals surface area (Å²) < 4.78 is 6.34. The average molecular weight is 317 g/mol. The van der Waals surface area contributed by atoms with Gasteiger partial charge in [0, 0.05) is 5.92 Å². The molecule has 0 spiro atoms. The van der Waals surface area contributed by atoms with Gasteiger partial charge in [0.15, 0.2) is 0 Å². The first-order chi connectivity index (χ1) is 10.6. The Balaban J connectivity index is 2.80. The van der Waals surface area contributed by atoms with Gasteiger partial charge in [-0.15, -0.1) is 0 Å². The van der Waals surface area contributed by atoms with Crippen molar-refractivity contribution >= 4 is 0 Å². The summed E-state index contributed by atoms with van der Waals surface area (Å²) in [6.07, 6.45) is 1.73. The zero-order valence-electron chi connectivity index (χ0n) is 16.7. The Morgan fingerprint density at radius 1 is 1.00 bits per heavy atom. The smallest absolute Gasteiger partial charge is 0.0616 e. The van der Waals surface area contributed by atoms with E-state index in [0.29, 0.717) is 29.8 Å². The minimum atomic E-state index is 0.275. The van der Waals surface area contributed by atoms with Crippen LogP contribution in [-0.4, -0.2) is 12.2 Å². The van der Waals surface area contributed by atoms with Crippen molar-refractivity contribution in [3.05, 3.63) is 33.9 Å². The van der Waals surface area contributed by atoms with E-state index in [0.717, 1.165) is 6.42 Å². The summed E-state index contributed by atoms with van der Waals surface area (Å²) in [5, 5.41) is 0. The lowest BCUT2D eigenvalue weighted by atomic mass is 9.71. The first-order valence-electron chi connectivity index (χ1n) is 9.44. The van der Waals surface area contributed by atoms with Crippen LogP contribution in [0, 0.1) is 19.8 Å². The predicted molar refractivity (Wildman–Crippen MR) is 101 cm³/mol. The van der Waals surface area contributed by atoms with Crippen molar-refractivity contribution in [3.8, 4) is 0 Å². The van der Waals surface area contributed by atoms with Gasteiger partial charge in [-0.25, -0.2) is 0 Å². The van der Waals surface area contributed by atoms with Gasteiger partial charge in [0.05, 0.1) is 12.2 Å². The standard InChI is InChI=1S/C22H36O/c1-12(2)19-10-14(5)16(7)21-17(8)18(9)23-15(6)11-20(13(3)4)22(19)21/h10,12-13,15,17-18,20H,11H2,1-9H3/t15-,17-,18+,20?/m1/s1. The van der Waals surface area contributed by atoms with E-state index in [9.17, 15) is 0 Å². The zero-order chi connectivity index (χ0) is 17.5. The summed E-state index contributed by atoms with van der Waals surface area (Å²) >= 11 is 0. The lowest BCUT2D eigenvalue weighted by Gasteiger charge is -2.38. The van der Waals surface area contributed by atoms with Gasteiger partial charge in [-0.05, 0) is 79.7 Å². The molecule has 0 saturated heterocycles. The molecule has 2 rings (SSSR count). The molecule has 1 unspecified atom stereocenters. The van der Waals surface area contributed by atoms with Crippen LogP contribution in [0.2, 0.25) is 0 Å². The highest BCUT2D eigenvalue weighted by Crippen LogP contribution is 2.45. The fraction of sp³-hybridized carbons (Fsp3) is 0.727. The molecular weight excluding hydrogens is 280 g/mol. The molecule has 1 heteroatoms. The van der Waals surface area contributed by atoms with Crippen LogP contribution in [0.15, 0.2) is 6.07 Å². The minimum absolute atomic E-state index is 0.275. The van der Waals surface area contributed by atoms with Crippen molar-refractivity contribution in [2.75, 3.05) is 0 Å². The molecule has 0 saturated carbocycles. The molecule has 1 nitrogen and oxygen atoms in total. The van der Waals surface area contributed by atoms with Crippen LogP contribution in [0.4, 0.5) is 0 Å². The van der Waals surface area contributed by atoms with Crippen LogP contribution in [0.3, 0.4) is 0 Å². The van der Waals surface area contributed by atoms with Gasteiger partial charge in [0.2, 0.25) is 0 Å². The van der Waals surface area contributed by atoms with E-state index in [2.05, 4.69) is 68.4 Å². The first-order valence-corrected chi connectivity index (χ1v) is 9.44. The van der Waals surface area contributed by atoms with Crippen LogP contribution in [-0.2, 0) is 4.74 Å². The minimum Gasteiger partial charge on any atom is -0.375 e. The van der Waals surface area contributed by atoms with Gasteiger partial charge >= 0.3 is 0 Å². The second-order valence-electron chi connectivity index (χ2n) is 8.42. The maximum Gasteiger partial charge on any atom is 0.0616 e. The largest absolute Gasteiger partial charge is 0.375 e. The van der Waals surface area contributed by atoms with Gasteiger partial charge in [-0.2, -0.15) is 0 Å². The molecule has 0 bridgehead atoms. The van der Waals surface area contributed by atoms with E-state index in [1.807, 2.05) is 0 Å². The number of benzene rings is 1. The number of rotatable bonds is 2. The Kier molecular flexibility index (Phi) is 5.61. The molecule has 0 fully saturated rings. The van der Waals surface area contributed by atoms with Crippen LogP contribution >= 0.6 is 0 Å². The fourth-order valence-corrected chi connectivity index (χ4v) is 4.32. The third-order valence-corrected chi connectivity index (χ3v) is 5.96. The highest BCUT2D eigenvalue weighted by molar-refractivity contribution is 5.50. The molecule has 1 aliphatic heterocycles. The lowest BCUT2D eigenvalue weighted by molar-refractivity contribution is -0.0173. The van der Waals surface area contributed by atoms with E-state index in [4.69, 9.17) is 4.74 Å². The Bertz CT molecular complexity index is 556. The molecule has 0 N–H and O–H groups in total. The summed E-state index contributed by atoms with van der Waals surface area (Å²) in [6, 6.07) is 2.46. The molecule has 0 amide bonds. The van der Waals surface area contributed by atoms with Gasteiger partial charge in [0.1, 0.15) is 0 Å². The summed E-state index contributed by atoms with van der Waals surface area (Å²) in [6.45, 7) is 20.9. The van der Waals surface area contributed by atoms with Crippen LogP contribution in [0.5, 0.6) is 0 Å². The summed E-state index contributed by atoms with van der Waals surface area (Å²) in [7, 11) is 0. The Labute approximate surface area is 143 Å². The Morgan fingerprint density at radius 2 is 1.61 bits per heavy atom. The van der Waals surface area contributed by atoms with Crippen molar-refractivity contribution in [2.45, 2.75) is 98.7 Å². The number of hydrogen-bond acceptors (Lipinski definition) is 1. The topological polar surface area (TPSA) is 9.23 Å². The monoisotopic (exact) mass is 316 g/mol. The molecule has 4 atom stereocenters. The normalized spacial score (nSPS) is 28.7. The molecule has 0 aromatic heterocycles. The SMILES string of the molecule is Cc1cc(C(C)C)c2c(c1C)[C@H](C)[C@H](C)O[C@H](C)CC2C(C)C. The number of ether oxygens (including phenoxy) is 1. The van der Waals surface area contributed by atoms with Gasteiger partial charge in [0.25, 0.3) is 0 Å². The van der Waals surface area contributed by atoms with Crippen LogP contribution < -0.4 is 0 Å². The van der Waals surface area contributed by atoms with Crippen molar-refractivity contribution in [2.24, 2.45) is 5.92 Å². The third kappa shape index (κ3) is 3.50. The number of hydrogen-bond donors (Lipinski definition) is 0. The lowest BCUT2D eigenvalue weighted by Crippen LogP contribution is -2.31. The Morgan fingerprint density at radius 3 is 2.13 bits per heavy atom. The van der Waals surface area contributed by atoms with Gasteiger partial charge in [-0.3, -0.25) is 0 Å². The zero-order valence-corrected chi connectivity index (χ0v) is 16.7. The molecule has 1 aliphatic rings. The highest BCUT2D eigenvalue weighted by Gasteiger charge is 2.33. The number of fused-ring (bicyclic) bond motifs is 1. The molecule has 23 heavy (non-hydrogen) atoms. The van der Waals surface area contributed by atoms with Gasteiger partial charge in [-0.1, -0.05) is 40.7 Å². The van der Waals surface area contributed by atoms with Crippen molar-refractivity contribution in [1.29, 1.82) is 0 Å². The van der Waals surface area contributed by atoms with E-state index < -0.39 is 0 Å². The third-order valence-electron chi connectivity index (χ3n) is 5.96. The number of aryl methyl sites for hydroxylation is 1. The molecule has 0 radical (unpaired) electrons. The molecule has 1 heterocycles. The maximum atomic E-state index is 6.34. The second-order valence-corrected chi connectivity index (χ2v) is 8.42. The van der Waals surface area contributed by atoms with Gasteiger partial charge < -0.3 is 4.74 Å². The average Bonchev–Trinajstić information content (AvgIpc) is 2.44. The molecule has 130 valence electrons.